The van der Waals surface area contributed by atoms with Crippen LogP contribution in [0.5, 0.6) is 0 Å². The molecule has 5 nitrogen and oxygen atoms in total. The Hall–Kier alpha value is -2.73. The molecule has 1 unspecified atom stereocenters. The van der Waals surface area contributed by atoms with E-state index in [-0.39, 0.29) is 23.1 Å². The van der Waals surface area contributed by atoms with Gasteiger partial charge >= 0.3 is 5.97 Å². The molecule has 1 saturated heterocycles. The standard InChI is InChI=1S/C26H29FN2O3/c27-16-18-2-1-3-19(14-18)17-29-13-12-25(8-9-25)15-22(29)23(30)28-26(10-11-26)21-6-4-20(5-7-21)24(31)32/h1-7,14,22H,8-13,15-17H2,(H,28,30)(H,31,32). The molecule has 2 aliphatic carbocycles. The highest BCUT2D eigenvalue weighted by molar-refractivity contribution is 5.87. The average molecular weight is 437 g/mol. The predicted molar refractivity (Wildman–Crippen MR) is 119 cm³/mol. The van der Waals surface area contributed by atoms with Gasteiger partial charge in [0.05, 0.1) is 17.1 Å². The third-order valence-electron chi connectivity index (χ3n) is 7.58. The van der Waals surface area contributed by atoms with Crippen molar-refractivity contribution >= 4 is 11.9 Å². The average Bonchev–Trinajstić information content (AvgIpc) is 3.73. The van der Waals surface area contributed by atoms with Gasteiger partial charge in [-0.15, -0.1) is 0 Å². The lowest BCUT2D eigenvalue weighted by Crippen LogP contribution is -2.53. The molecule has 1 amide bonds. The minimum Gasteiger partial charge on any atom is -0.478 e. The fourth-order valence-electron chi connectivity index (χ4n) is 5.16. The van der Waals surface area contributed by atoms with Crippen LogP contribution >= 0.6 is 0 Å². The summed E-state index contributed by atoms with van der Waals surface area (Å²) in [6, 6.07) is 14.2. The number of piperidine rings is 1. The highest BCUT2D eigenvalue weighted by Crippen LogP contribution is 2.55. The minimum absolute atomic E-state index is 0.0532. The number of hydrogen-bond acceptors (Lipinski definition) is 3. The van der Waals surface area contributed by atoms with Crippen molar-refractivity contribution in [2.45, 2.75) is 63.3 Å². The normalized spacial score (nSPS) is 23.0. The van der Waals surface area contributed by atoms with Crippen LogP contribution in [0.1, 0.15) is 65.6 Å². The molecule has 32 heavy (non-hydrogen) atoms. The molecule has 2 saturated carbocycles. The Bertz CT molecular complexity index is 1030. The van der Waals surface area contributed by atoms with Gasteiger partial charge in [0.2, 0.25) is 5.91 Å². The smallest absolute Gasteiger partial charge is 0.335 e. The maximum absolute atomic E-state index is 13.5. The number of likely N-dealkylation sites (tertiary alicyclic amines) is 1. The third kappa shape index (κ3) is 4.16. The van der Waals surface area contributed by atoms with Crippen LogP contribution in [-0.4, -0.2) is 34.5 Å². The molecule has 2 N–H and O–H groups in total. The maximum atomic E-state index is 13.5. The monoisotopic (exact) mass is 436 g/mol. The van der Waals surface area contributed by atoms with Crippen LogP contribution in [0.25, 0.3) is 0 Å². The molecule has 1 atom stereocenters. The topological polar surface area (TPSA) is 69.6 Å². The van der Waals surface area contributed by atoms with Gasteiger partial charge in [-0.1, -0.05) is 36.4 Å². The van der Waals surface area contributed by atoms with Gasteiger partial charge in [0.15, 0.2) is 0 Å². The number of amides is 1. The Morgan fingerprint density at radius 1 is 1.03 bits per heavy atom. The number of carboxylic acid groups (broad SMARTS) is 1. The van der Waals surface area contributed by atoms with Crippen LogP contribution in [0.2, 0.25) is 0 Å². The van der Waals surface area contributed by atoms with Gasteiger partial charge in [0.25, 0.3) is 0 Å². The molecule has 6 heteroatoms. The fourth-order valence-corrected chi connectivity index (χ4v) is 5.16. The van der Waals surface area contributed by atoms with E-state index < -0.39 is 12.6 Å². The van der Waals surface area contributed by atoms with Crippen LogP contribution < -0.4 is 5.32 Å². The first-order valence-electron chi connectivity index (χ1n) is 11.5. The number of nitrogens with zero attached hydrogens (tertiary/aromatic N) is 1. The van der Waals surface area contributed by atoms with E-state index in [1.165, 1.54) is 12.8 Å². The van der Waals surface area contributed by atoms with Crippen molar-refractivity contribution in [3.63, 3.8) is 0 Å². The van der Waals surface area contributed by atoms with Crippen molar-refractivity contribution in [2.24, 2.45) is 5.41 Å². The van der Waals surface area contributed by atoms with Crippen molar-refractivity contribution < 1.29 is 19.1 Å². The molecule has 2 aromatic carbocycles. The fraction of sp³-hybridized carbons (Fsp3) is 0.462. The first-order valence-corrected chi connectivity index (χ1v) is 11.5. The summed E-state index contributed by atoms with van der Waals surface area (Å²) in [6.07, 6.45) is 6.10. The Morgan fingerprint density at radius 2 is 1.75 bits per heavy atom. The largest absolute Gasteiger partial charge is 0.478 e. The van der Waals surface area contributed by atoms with Crippen LogP contribution in [-0.2, 0) is 23.6 Å². The van der Waals surface area contributed by atoms with E-state index in [4.69, 9.17) is 5.11 Å². The van der Waals surface area contributed by atoms with Gasteiger partial charge < -0.3 is 10.4 Å². The van der Waals surface area contributed by atoms with Gasteiger partial charge in [-0.3, -0.25) is 9.69 Å². The van der Waals surface area contributed by atoms with Crippen LogP contribution in [0.4, 0.5) is 4.39 Å². The number of nitrogens with one attached hydrogen (secondary N) is 1. The second-order valence-electron chi connectivity index (χ2n) is 9.85. The van der Waals surface area contributed by atoms with E-state index in [2.05, 4.69) is 10.2 Å². The summed E-state index contributed by atoms with van der Waals surface area (Å²) >= 11 is 0. The quantitative estimate of drug-likeness (QED) is 0.675. The maximum Gasteiger partial charge on any atom is 0.335 e. The van der Waals surface area contributed by atoms with Crippen LogP contribution in [0.15, 0.2) is 48.5 Å². The van der Waals surface area contributed by atoms with E-state index in [1.54, 1.807) is 18.2 Å². The number of benzene rings is 2. The third-order valence-corrected chi connectivity index (χ3v) is 7.58. The SMILES string of the molecule is O=C(O)c1ccc(C2(NC(=O)C3CC4(CCN3Cc3cccc(CF)c3)CC4)CC2)cc1. The molecule has 3 fully saturated rings. The summed E-state index contributed by atoms with van der Waals surface area (Å²) in [5.41, 5.74) is 2.85. The van der Waals surface area contributed by atoms with E-state index in [0.717, 1.165) is 43.4 Å². The lowest BCUT2D eigenvalue weighted by atomic mass is 9.86. The van der Waals surface area contributed by atoms with Crippen molar-refractivity contribution in [1.82, 2.24) is 10.2 Å². The number of aromatic carboxylic acids is 1. The van der Waals surface area contributed by atoms with Gasteiger partial charge in [0, 0.05) is 6.54 Å². The number of halogens is 1. The Labute approximate surface area is 187 Å². The molecule has 1 heterocycles. The van der Waals surface area contributed by atoms with Crippen molar-refractivity contribution in [1.29, 1.82) is 0 Å². The summed E-state index contributed by atoms with van der Waals surface area (Å²) in [4.78, 5) is 26.9. The summed E-state index contributed by atoms with van der Waals surface area (Å²) in [6.45, 7) is 1.03. The number of hydrogen-bond donors (Lipinski definition) is 2. The summed E-state index contributed by atoms with van der Waals surface area (Å²) < 4.78 is 13.1. The molecular weight excluding hydrogens is 407 g/mol. The summed E-state index contributed by atoms with van der Waals surface area (Å²) in [5, 5.41) is 12.5. The second-order valence-corrected chi connectivity index (χ2v) is 9.85. The zero-order valence-corrected chi connectivity index (χ0v) is 18.1. The number of rotatable bonds is 7. The number of carbonyl (C=O) groups is 2. The van der Waals surface area contributed by atoms with Gasteiger partial charge in [0.1, 0.15) is 6.67 Å². The highest BCUT2D eigenvalue weighted by Gasteiger charge is 2.52. The molecule has 168 valence electrons. The molecule has 5 rings (SSSR count). The minimum atomic E-state index is -0.949. The van der Waals surface area contributed by atoms with Gasteiger partial charge in [-0.25, -0.2) is 9.18 Å². The number of carboxylic acids is 1. The molecule has 1 aliphatic heterocycles. The predicted octanol–water partition coefficient (Wildman–Crippen LogP) is 4.40. The van der Waals surface area contributed by atoms with Crippen molar-refractivity contribution in [2.75, 3.05) is 6.54 Å². The van der Waals surface area contributed by atoms with Gasteiger partial charge in [-0.05, 0) is 79.3 Å². The highest BCUT2D eigenvalue weighted by atomic mass is 19.1. The molecular formula is C26H29FN2O3. The molecule has 0 bridgehead atoms. The van der Waals surface area contributed by atoms with Crippen LogP contribution in [0, 0.1) is 5.41 Å². The number of alkyl halides is 1. The number of carbonyl (C=O) groups excluding carboxylic acids is 1. The zero-order chi connectivity index (χ0) is 22.3. The van der Waals surface area contributed by atoms with E-state index >= 15 is 0 Å². The molecule has 0 radical (unpaired) electrons. The lowest BCUT2D eigenvalue weighted by molar-refractivity contribution is -0.130. The van der Waals surface area contributed by atoms with Crippen LogP contribution in [0.3, 0.4) is 0 Å². The Kier molecular flexibility index (Phi) is 5.28. The molecule has 3 aliphatic rings. The molecule has 1 spiro atoms. The van der Waals surface area contributed by atoms with E-state index in [1.807, 2.05) is 30.3 Å². The van der Waals surface area contributed by atoms with Gasteiger partial charge in [-0.2, -0.15) is 0 Å². The summed E-state index contributed by atoms with van der Waals surface area (Å²) in [7, 11) is 0. The summed E-state index contributed by atoms with van der Waals surface area (Å²) in [5.74, 6) is -0.896. The lowest BCUT2D eigenvalue weighted by Gasteiger charge is -2.39. The Morgan fingerprint density at radius 3 is 2.38 bits per heavy atom. The zero-order valence-electron chi connectivity index (χ0n) is 18.1. The first-order chi connectivity index (χ1) is 15.4. The first kappa shape index (κ1) is 21.1. The van der Waals surface area contributed by atoms with Crippen molar-refractivity contribution in [3.8, 4) is 0 Å². The van der Waals surface area contributed by atoms with E-state index in [0.29, 0.717) is 17.5 Å². The van der Waals surface area contributed by atoms with Crippen molar-refractivity contribution in [3.05, 3.63) is 70.8 Å². The Balaban J connectivity index is 1.33. The second kappa shape index (κ2) is 8.00. The molecule has 2 aromatic rings. The molecule has 0 aromatic heterocycles. The van der Waals surface area contributed by atoms with E-state index in [9.17, 15) is 14.0 Å².